The van der Waals surface area contributed by atoms with Crippen LogP contribution < -0.4 is 5.48 Å². The van der Waals surface area contributed by atoms with Gasteiger partial charge in [0.15, 0.2) is 0 Å². The highest BCUT2D eigenvalue weighted by Gasteiger charge is 2.54. The number of nitrogens with one attached hydrogen (secondary N) is 1. The Morgan fingerprint density at radius 2 is 1.69 bits per heavy atom. The molecular weight excluding hydrogens is 202 g/mol. The van der Waals surface area contributed by atoms with Crippen molar-refractivity contribution >= 4 is 0 Å². The van der Waals surface area contributed by atoms with Crippen molar-refractivity contribution in [2.24, 2.45) is 23.2 Å². The lowest BCUT2D eigenvalue weighted by Gasteiger charge is -2.59. The van der Waals surface area contributed by atoms with Gasteiger partial charge in [0.05, 0.1) is 19.8 Å². The second-order valence-corrected chi connectivity index (χ2v) is 6.34. The van der Waals surface area contributed by atoms with E-state index in [0.29, 0.717) is 5.41 Å². The van der Waals surface area contributed by atoms with Crippen LogP contribution in [0, 0.1) is 23.2 Å². The average molecular weight is 225 g/mol. The van der Waals surface area contributed by atoms with Gasteiger partial charge in [-0.3, -0.25) is 0 Å². The van der Waals surface area contributed by atoms with E-state index < -0.39 is 0 Å². The molecule has 4 rings (SSSR count). The van der Waals surface area contributed by atoms with Gasteiger partial charge in [-0.05, 0) is 61.7 Å². The zero-order valence-electron chi connectivity index (χ0n) is 10.1. The first-order chi connectivity index (χ1) is 7.75. The van der Waals surface area contributed by atoms with E-state index in [-0.39, 0.29) is 12.6 Å². The molecule has 4 fully saturated rings. The number of aliphatic hydroxyl groups is 1. The van der Waals surface area contributed by atoms with Gasteiger partial charge in [0.25, 0.3) is 0 Å². The van der Waals surface area contributed by atoms with Crippen molar-refractivity contribution in [2.75, 3.05) is 13.7 Å². The molecule has 0 aromatic carbocycles. The standard InChI is InChI=1S/C13H23NO2/c1-16-14-12(8-15)13-5-9-2-10(6-13)4-11(3-9)7-13/h9-12,14-15H,2-8H2,1H3/t9?,10?,11?,12-,13?/m0/s1. The average Bonchev–Trinajstić information content (AvgIpc) is 2.23. The molecule has 16 heavy (non-hydrogen) atoms. The molecule has 0 aromatic rings. The van der Waals surface area contributed by atoms with Crippen molar-refractivity contribution in [1.29, 1.82) is 0 Å². The summed E-state index contributed by atoms with van der Waals surface area (Å²) in [6.45, 7) is 0.208. The van der Waals surface area contributed by atoms with Gasteiger partial charge in [-0.2, -0.15) is 5.48 Å². The first kappa shape index (κ1) is 11.0. The molecule has 0 radical (unpaired) electrons. The van der Waals surface area contributed by atoms with Gasteiger partial charge in [-0.1, -0.05) is 0 Å². The van der Waals surface area contributed by atoms with Crippen LogP contribution in [-0.2, 0) is 4.84 Å². The van der Waals surface area contributed by atoms with Crippen LogP contribution in [0.1, 0.15) is 38.5 Å². The van der Waals surface area contributed by atoms with Crippen molar-refractivity contribution in [3.05, 3.63) is 0 Å². The summed E-state index contributed by atoms with van der Waals surface area (Å²) in [7, 11) is 1.66. The summed E-state index contributed by atoms with van der Waals surface area (Å²) in [5, 5.41) is 9.57. The van der Waals surface area contributed by atoms with E-state index in [0.717, 1.165) is 17.8 Å². The number of hydrogen-bond acceptors (Lipinski definition) is 3. The van der Waals surface area contributed by atoms with Gasteiger partial charge >= 0.3 is 0 Å². The van der Waals surface area contributed by atoms with Gasteiger partial charge in [-0.25, -0.2) is 0 Å². The number of aliphatic hydroxyl groups excluding tert-OH is 1. The van der Waals surface area contributed by atoms with Crippen LogP contribution in [0.4, 0.5) is 0 Å². The third kappa shape index (κ3) is 1.60. The molecule has 0 aromatic heterocycles. The molecule has 4 aliphatic carbocycles. The predicted molar refractivity (Wildman–Crippen MR) is 61.6 cm³/mol. The molecule has 0 amide bonds. The maximum Gasteiger partial charge on any atom is 0.0613 e. The minimum Gasteiger partial charge on any atom is -0.395 e. The molecule has 4 aliphatic rings. The summed E-state index contributed by atoms with van der Waals surface area (Å²) in [5.41, 5.74) is 3.37. The number of hydroxylamine groups is 1. The fourth-order valence-corrected chi connectivity index (χ4v) is 5.10. The quantitative estimate of drug-likeness (QED) is 0.716. The van der Waals surface area contributed by atoms with Gasteiger partial charge in [0.2, 0.25) is 0 Å². The van der Waals surface area contributed by atoms with Crippen LogP contribution >= 0.6 is 0 Å². The first-order valence-corrected chi connectivity index (χ1v) is 6.65. The Kier molecular flexibility index (Phi) is 2.73. The van der Waals surface area contributed by atoms with E-state index >= 15 is 0 Å². The highest BCUT2D eigenvalue weighted by Crippen LogP contribution is 2.61. The molecule has 4 saturated carbocycles. The molecule has 3 heteroatoms. The molecule has 1 atom stereocenters. The Morgan fingerprint density at radius 1 is 1.19 bits per heavy atom. The van der Waals surface area contributed by atoms with Crippen LogP contribution in [0.3, 0.4) is 0 Å². The Morgan fingerprint density at radius 3 is 2.06 bits per heavy atom. The summed E-state index contributed by atoms with van der Waals surface area (Å²) in [4.78, 5) is 5.07. The molecule has 0 spiro atoms. The smallest absolute Gasteiger partial charge is 0.0613 e. The lowest BCUT2D eigenvalue weighted by molar-refractivity contribution is -0.114. The Balaban J connectivity index is 1.81. The molecule has 0 saturated heterocycles. The molecule has 0 aliphatic heterocycles. The van der Waals surface area contributed by atoms with Crippen LogP contribution in [0.5, 0.6) is 0 Å². The van der Waals surface area contributed by atoms with Crippen LogP contribution in [0.2, 0.25) is 0 Å². The van der Waals surface area contributed by atoms with Crippen LogP contribution in [0.15, 0.2) is 0 Å². The largest absolute Gasteiger partial charge is 0.395 e. The lowest BCUT2D eigenvalue weighted by atomic mass is 9.48. The minimum absolute atomic E-state index is 0.144. The Hall–Kier alpha value is -0.120. The molecule has 3 nitrogen and oxygen atoms in total. The molecule has 2 N–H and O–H groups in total. The van der Waals surface area contributed by atoms with Gasteiger partial charge in [-0.15, -0.1) is 0 Å². The van der Waals surface area contributed by atoms with Crippen molar-refractivity contribution < 1.29 is 9.94 Å². The zero-order valence-corrected chi connectivity index (χ0v) is 10.1. The third-order valence-corrected chi connectivity index (χ3v) is 5.27. The van der Waals surface area contributed by atoms with Crippen LogP contribution in [-0.4, -0.2) is 24.9 Å². The third-order valence-electron chi connectivity index (χ3n) is 5.27. The Labute approximate surface area is 97.5 Å². The highest BCUT2D eigenvalue weighted by atomic mass is 16.6. The van der Waals surface area contributed by atoms with E-state index in [1.54, 1.807) is 7.11 Å². The van der Waals surface area contributed by atoms with Gasteiger partial charge in [0.1, 0.15) is 0 Å². The summed E-state index contributed by atoms with van der Waals surface area (Å²) < 4.78 is 0. The normalized spacial score (nSPS) is 47.2. The summed E-state index contributed by atoms with van der Waals surface area (Å²) >= 11 is 0. The van der Waals surface area contributed by atoms with Crippen molar-refractivity contribution in [2.45, 2.75) is 44.6 Å². The molecule has 92 valence electrons. The molecule has 4 bridgehead atoms. The highest BCUT2D eigenvalue weighted by molar-refractivity contribution is 5.05. The number of rotatable bonds is 4. The maximum atomic E-state index is 9.57. The molecular formula is C13H23NO2. The monoisotopic (exact) mass is 225 g/mol. The summed E-state index contributed by atoms with van der Waals surface area (Å²) in [5.74, 6) is 2.79. The topological polar surface area (TPSA) is 41.5 Å². The van der Waals surface area contributed by atoms with E-state index in [2.05, 4.69) is 5.48 Å². The second-order valence-electron chi connectivity index (χ2n) is 6.34. The van der Waals surface area contributed by atoms with E-state index in [4.69, 9.17) is 4.84 Å². The lowest BCUT2D eigenvalue weighted by Crippen LogP contribution is -2.57. The zero-order chi connectivity index (χ0) is 11.2. The summed E-state index contributed by atoms with van der Waals surface area (Å²) in [6, 6.07) is 0.144. The van der Waals surface area contributed by atoms with Crippen molar-refractivity contribution in [3.63, 3.8) is 0 Å². The summed E-state index contributed by atoms with van der Waals surface area (Å²) in [6.07, 6.45) is 8.26. The first-order valence-electron chi connectivity index (χ1n) is 6.65. The van der Waals surface area contributed by atoms with Gasteiger partial charge < -0.3 is 9.94 Å². The molecule has 0 unspecified atom stereocenters. The van der Waals surface area contributed by atoms with Crippen molar-refractivity contribution in [3.8, 4) is 0 Å². The molecule has 0 heterocycles. The predicted octanol–water partition coefficient (Wildman–Crippen LogP) is 1.71. The fourth-order valence-electron chi connectivity index (χ4n) is 5.10. The van der Waals surface area contributed by atoms with Crippen molar-refractivity contribution in [1.82, 2.24) is 5.48 Å². The van der Waals surface area contributed by atoms with E-state index in [9.17, 15) is 5.11 Å². The second kappa shape index (κ2) is 3.97. The van der Waals surface area contributed by atoms with Crippen LogP contribution in [0.25, 0.3) is 0 Å². The van der Waals surface area contributed by atoms with E-state index in [1.807, 2.05) is 0 Å². The SMILES string of the molecule is CON[C@@H](CO)C12CC3CC(CC(C3)C1)C2. The minimum atomic E-state index is 0.144. The Bertz CT molecular complexity index is 231. The van der Waals surface area contributed by atoms with E-state index in [1.165, 1.54) is 38.5 Å². The maximum absolute atomic E-state index is 9.57. The number of hydrogen-bond donors (Lipinski definition) is 2. The van der Waals surface area contributed by atoms with Gasteiger partial charge in [0, 0.05) is 0 Å². The fraction of sp³-hybridized carbons (Fsp3) is 1.00.